The second-order valence-electron chi connectivity index (χ2n) is 14.5. The lowest BCUT2D eigenvalue weighted by Crippen LogP contribution is -2.46. The molecule has 1 unspecified atom stereocenters. The quantitative estimate of drug-likeness (QED) is 0.184. The van der Waals surface area contributed by atoms with Crippen LogP contribution in [0.5, 0.6) is 0 Å². The number of aromatic nitrogens is 1. The monoisotopic (exact) mass is 767 g/mol. The maximum absolute atomic E-state index is 14.7. The zero-order valence-electron chi connectivity index (χ0n) is 30.3. The third-order valence-electron chi connectivity index (χ3n) is 10.9. The molecular weight excluding hydrogens is 724 g/mol. The summed E-state index contributed by atoms with van der Waals surface area (Å²) < 4.78 is 91.7. The van der Waals surface area contributed by atoms with Crippen molar-refractivity contribution >= 4 is 22.7 Å². The highest BCUT2D eigenvalue weighted by atomic mass is 19.4. The van der Waals surface area contributed by atoms with Crippen molar-refractivity contribution < 1.29 is 40.7 Å². The zero-order chi connectivity index (χ0) is 38.7. The van der Waals surface area contributed by atoms with Crippen LogP contribution in [-0.2, 0) is 17.5 Å². The van der Waals surface area contributed by atoms with Crippen molar-refractivity contribution in [2.24, 2.45) is 0 Å². The van der Waals surface area contributed by atoms with Crippen molar-refractivity contribution in [3.8, 4) is 11.3 Å². The third kappa shape index (κ3) is 8.81. The molecule has 3 saturated heterocycles. The van der Waals surface area contributed by atoms with Crippen molar-refractivity contribution in [3.05, 3.63) is 101 Å². The van der Waals surface area contributed by atoms with Crippen LogP contribution in [0, 0.1) is 0 Å². The van der Waals surface area contributed by atoms with E-state index in [0.29, 0.717) is 45.4 Å². The maximum Gasteiger partial charge on any atom is 0.416 e. The fourth-order valence-electron chi connectivity index (χ4n) is 8.03. The van der Waals surface area contributed by atoms with E-state index in [1.165, 1.54) is 61.0 Å². The van der Waals surface area contributed by atoms with Gasteiger partial charge in [0.05, 0.1) is 35.6 Å². The van der Waals surface area contributed by atoms with Gasteiger partial charge in [0.15, 0.2) is 6.04 Å². The average molecular weight is 768 g/mol. The lowest BCUT2D eigenvalue weighted by molar-refractivity contribution is -0.155. The Bertz CT molecular complexity index is 1990. The second-order valence-corrected chi connectivity index (χ2v) is 14.5. The molecule has 0 radical (unpaired) electrons. The molecule has 0 saturated carbocycles. The van der Waals surface area contributed by atoms with Crippen molar-refractivity contribution in [3.63, 3.8) is 0 Å². The molecule has 1 atom stereocenters. The largest absolute Gasteiger partial charge is 0.416 e. The first-order valence-electron chi connectivity index (χ1n) is 18.8. The molecule has 0 aliphatic carbocycles. The summed E-state index contributed by atoms with van der Waals surface area (Å²) in [7, 11) is 0. The highest BCUT2D eigenvalue weighted by Gasteiger charge is 2.43. The Morgan fingerprint density at radius 1 is 0.818 bits per heavy atom. The maximum atomic E-state index is 14.7. The van der Waals surface area contributed by atoms with Crippen LogP contribution in [0.3, 0.4) is 0 Å². The molecule has 1 N–H and O–H groups in total. The molecule has 4 heterocycles. The summed E-state index contributed by atoms with van der Waals surface area (Å²) in [6.45, 7) is 4.64. The highest BCUT2D eigenvalue weighted by Crippen LogP contribution is 2.38. The Morgan fingerprint density at radius 2 is 1.53 bits per heavy atom. The predicted octanol–water partition coefficient (Wildman–Crippen LogP) is 7.88. The lowest BCUT2D eigenvalue weighted by atomic mass is 9.92. The molecule has 14 heteroatoms. The molecule has 4 aromatic rings. The number of ether oxygens (including phenoxy) is 1. The van der Waals surface area contributed by atoms with E-state index in [1.54, 1.807) is 11.0 Å². The van der Waals surface area contributed by atoms with E-state index in [4.69, 9.17) is 9.72 Å². The number of nitrogens with one attached hydrogen (secondary N) is 1. The summed E-state index contributed by atoms with van der Waals surface area (Å²) in [6.07, 6.45) is -4.45. The van der Waals surface area contributed by atoms with Gasteiger partial charge in [-0.1, -0.05) is 48.9 Å². The van der Waals surface area contributed by atoms with Crippen molar-refractivity contribution in [2.45, 2.75) is 63.1 Å². The Balaban J connectivity index is 1.38. The summed E-state index contributed by atoms with van der Waals surface area (Å²) in [5.74, 6) is -1.43. The van der Waals surface area contributed by atoms with Crippen LogP contribution in [0.25, 0.3) is 22.2 Å². The standard InChI is InChI=1S/C41H43F6N5O3/c42-40(43,44)30-11-7-10-28(24-30)36-33(26-50-18-14-31(15-19-50)51-16-5-2-6-17-51)35(38(53)49-37(41(45,46)47)27-8-3-1-4-9-27)32-25-29(12-13-34(32)48-36)39(54)52-20-22-55-23-21-52/h1,3-4,7-13,24-25,31,37H,2,5-6,14-23,26H2,(H,49,53). The average Bonchev–Trinajstić information content (AvgIpc) is 3.19. The molecule has 3 aliphatic rings. The number of benzene rings is 3. The highest BCUT2D eigenvalue weighted by molar-refractivity contribution is 6.11. The van der Waals surface area contributed by atoms with Crippen LogP contribution in [0.2, 0.25) is 0 Å². The number of carbonyl (C=O) groups excluding carboxylic acids is 2. The molecule has 3 aromatic carbocycles. The molecule has 3 fully saturated rings. The van der Waals surface area contributed by atoms with E-state index in [1.807, 2.05) is 0 Å². The van der Waals surface area contributed by atoms with Gasteiger partial charge < -0.3 is 19.9 Å². The smallest absolute Gasteiger partial charge is 0.378 e. The number of amides is 2. The number of carbonyl (C=O) groups is 2. The number of morpholine rings is 1. The number of hydrogen-bond donors (Lipinski definition) is 1. The van der Waals surface area contributed by atoms with Crippen LogP contribution in [0.4, 0.5) is 26.3 Å². The minimum absolute atomic E-state index is 0.0354. The van der Waals surface area contributed by atoms with E-state index in [-0.39, 0.29) is 56.9 Å². The molecule has 3 aliphatic heterocycles. The van der Waals surface area contributed by atoms with Gasteiger partial charge >= 0.3 is 12.4 Å². The Morgan fingerprint density at radius 3 is 2.20 bits per heavy atom. The van der Waals surface area contributed by atoms with Crippen LogP contribution in [0.1, 0.15) is 75.6 Å². The number of hydrogen-bond acceptors (Lipinski definition) is 6. The number of pyridine rings is 1. The fourth-order valence-corrected chi connectivity index (χ4v) is 8.03. The summed E-state index contributed by atoms with van der Waals surface area (Å²) in [5, 5.41) is 2.35. The molecule has 8 nitrogen and oxygen atoms in total. The molecule has 2 amide bonds. The first-order valence-corrected chi connectivity index (χ1v) is 18.8. The van der Waals surface area contributed by atoms with Gasteiger partial charge in [-0.05, 0) is 87.8 Å². The lowest BCUT2D eigenvalue weighted by Gasteiger charge is -2.40. The SMILES string of the molecule is O=C(NC(c1ccccc1)C(F)(F)F)c1c(CN2CCC(N3CCCCC3)CC2)c(-c2cccc(C(F)(F)F)c2)nc2ccc(C(=O)N3CCOCC3)cc12. The molecule has 0 spiro atoms. The Labute approximate surface area is 315 Å². The van der Waals surface area contributed by atoms with Crippen LogP contribution in [-0.4, -0.2) is 96.2 Å². The van der Waals surface area contributed by atoms with E-state index in [2.05, 4.69) is 15.1 Å². The summed E-state index contributed by atoms with van der Waals surface area (Å²) in [6, 6.07) is 14.0. The normalized spacial score (nSPS) is 18.7. The van der Waals surface area contributed by atoms with Crippen LogP contribution < -0.4 is 5.32 Å². The Hall–Kier alpha value is -4.53. The van der Waals surface area contributed by atoms with Gasteiger partial charge in [-0.25, -0.2) is 4.98 Å². The van der Waals surface area contributed by atoms with Gasteiger partial charge in [-0.15, -0.1) is 0 Å². The minimum atomic E-state index is -4.89. The van der Waals surface area contributed by atoms with Crippen LogP contribution >= 0.6 is 0 Å². The summed E-state index contributed by atoms with van der Waals surface area (Å²) in [5.41, 5.74) is -0.649. The van der Waals surface area contributed by atoms with Crippen molar-refractivity contribution in [2.75, 3.05) is 52.5 Å². The van der Waals surface area contributed by atoms with Gasteiger partial charge in [-0.3, -0.25) is 14.5 Å². The number of nitrogens with zero attached hydrogens (tertiary/aromatic N) is 4. The predicted molar refractivity (Wildman–Crippen MR) is 195 cm³/mol. The van der Waals surface area contributed by atoms with E-state index >= 15 is 0 Å². The number of halogens is 6. The topological polar surface area (TPSA) is 78.0 Å². The fraction of sp³-hybridized carbons (Fsp3) is 0.439. The van der Waals surface area contributed by atoms with E-state index in [0.717, 1.165) is 50.9 Å². The number of fused-ring (bicyclic) bond motifs is 1. The van der Waals surface area contributed by atoms with Crippen molar-refractivity contribution in [1.29, 1.82) is 0 Å². The number of alkyl halides is 6. The van der Waals surface area contributed by atoms with Gasteiger partial charge in [0.1, 0.15) is 0 Å². The molecule has 0 bridgehead atoms. The first-order chi connectivity index (χ1) is 26.4. The van der Waals surface area contributed by atoms with Gasteiger partial charge in [0, 0.05) is 47.8 Å². The molecule has 292 valence electrons. The third-order valence-corrected chi connectivity index (χ3v) is 10.9. The second kappa shape index (κ2) is 16.3. The van der Waals surface area contributed by atoms with Gasteiger partial charge in [-0.2, -0.15) is 26.3 Å². The van der Waals surface area contributed by atoms with E-state index < -0.39 is 29.9 Å². The molecule has 1 aromatic heterocycles. The molecule has 7 rings (SSSR count). The van der Waals surface area contributed by atoms with Gasteiger partial charge in [0.25, 0.3) is 11.8 Å². The zero-order valence-corrected chi connectivity index (χ0v) is 30.3. The minimum Gasteiger partial charge on any atom is -0.378 e. The van der Waals surface area contributed by atoms with Gasteiger partial charge in [0.2, 0.25) is 0 Å². The first kappa shape index (κ1) is 38.7. The number of piperidine rings is 2. The van der Waals surface area contributed by atoms with E-state index in [9.17, 15) is 35.9 Å². The van der Waals surface area contributed by atoms with Crippen molar-refractivity contribution in [1.82, 2.24) is 25.0 Å². The van der Waals surface area contributed by atoms with Crippen LogP contribution in [0.15, 0.2) is 72.8 Å². The molecule has 55 heavy (non-hydrogen) atoms. The number of rotatable bonds is 8. The summed E-state index contributed by atoms with van der Waals surface area (Å²) >= 11 is 0. The number of likely N-dealkylation sites (tertiary alicyclic amines) is 2. The Kier molecular flexibility index (Phi) is 11.5. The summed E-state index contributed by atoms with van der Waals surface area (Å²) in [4.78, 5) is 39.3. The molecular formula is C41H43F6N5O3.